The van der Waals surface area contributed by atoms with Gasteiger partial charge in [0.1, 0.15) is 0 Å². The van der Waals surface area contributed by atoms with Crippen LogP contribution in [0.25, 0.3) is 0 Å². The van der Waals surface area contributed by atoms with E-state index in [1.54, 1.807) is 19.2 Å². The average molecular weight is 326 g/mol. The minimum atomic E-state index is -0.109. The number of benzene rings is 1. The Kier molecular flexibility index (Phi) is 5.95. The molecule has 1 saturated carbocycles. The second-order valence-corrected chi connectivity index (χ2v) is 6.27. The Bertz CT molecular complexity index is 533. The third-order valence-electron chi connectivity index (χ3n) is 4.05. The fourth-order valence-corrected chi connectivity index (χ4v) is 3.23. The van der Waals surface area contributed by atoms with Gasteiger partial charge in [0.15, 0.2) is 11.5 Å². The highest BCUT2D eigenvalue weighted by atomic mass is 35.5. The van der Waals surface area contributed by atoms with Crippen LogP contribution in [-0.4, -0.2) is 25.7 Å². The SMILES string of the molecule is CCOc1c(Cl)cc(C(=O)NC2CCCC(C)C2)cc1OC. The summed E-state index contributed by atoms with van der Waals surface area (Å²) < 4.78 is 10.8. The van der Waals surface area contributed by atoms with Gasteiger partial charge in [0.05, 0.1) is 18.7 Å². The van der Waals surface area contributed by atoms with Crippen LogP contribution in [0.4, 0.5) is 0 Å². The van der Waals surface area contributed by atoms with Crippen molar-refractivity contribution in [3.63, 3.8) is 0 Å². The molecule has 2 atom stereocenters. The van der Waals surface area contributed by atoms with E-state index in [4.69, 9.17) is 21.1 Å². The van der Waals surface area contributed by atoms with E-state index < -0.39 is 0 Å². The highest BCUT2D eigenvalue weighted by Gasteiger charge is 2.22. The molecular formula is C17H24ClNO3. The predicted octanol–water partition coefficient (Wildman–Crippen LogP) is 4.06. The number of halogens is 1. The van der Waals surface area contributed by atoms with Crippen molar-refractivity contribution in [3.8, 4) is 11.5 Å². The van der Waals surface area contributed by atoms with E-state index >= 15 is 0 Å². The Morgan fingerprint density at radius 2 is 2.18 bits per heavy atom. The van der Waals surface area contributed by atoms with Crippen LogP contribution in [0.1, 0.15) is 49.9 Å². The maximum Gasteiger partial charge on any atom is 0.251 e. The van der Waals surface area contributed by atoms with Crippen molar-refractivity contribution in [1.82, 2.24) is 5.32 Å². The van der Waals surface area contributed by atoms with Crippen LogP contribution in [0.3, 0.4) is 0 Å². The Hall–Kier alpha value is -1.42. The van der Waals surface area contributed by atoms with E-state index in [1.165, 1.54) is 12.8 Å². The minimum Gasteiger partial charge on any atom is -0.493 e. The Labute approximate surface area is 137 Å². The first kappa shape index (κ1) is 16.9. The van der Waals surface area contributed by atoms with E-state index in [1.807, 2.05) is 6.92 Å². The molecule has 1 aromatic rings. The molecule has 0 heterocycles. The molecule has 1 amide bonds. The lowest BCUT2D eigenvalue weighted by Gasteiger charge is -2.27. The summed E-state index contributed by atoms with van der Waals surface area (Å²) in [5, 5.41) is 3.49. The molecule has 2 unspecified atom stereocenters. The maximum absolute atomic E-state index is 12.4. The molecule has 1 N–H and O–H groups in total. The maximum atomic E-state index is 12.4. The molecule has 0 aromatic heterocycles. The number of hydrogen-bond donors (Lipinski definition) is 1. The van der Waals surface area contributed by atoms with Crippen LogP contribution in [0.5, 0.6) is 11.5 Å². The highest BCUT2D eigenvalue weighted by Crippen LogP contribution is 2.36. The molecule has 1 fully saturated rings. The molecule has 0 saturated heterocycles. The van der Waals surface area contributed by atoms with Crippen molar-refractivity contribution in [2.45, 2.75) is 45.6 Å². The van der Waals surface area contributed by atoms with Gasteiger partial charge < -0.3 is 14.8 Å². The number of methoxy groups -OCH3 is 1. The number of rotatable bonds is 5. The number of carbonyl (C=O) groups excluding carboxylic acids is 1. The summed E-state index contributed by atoms with van der Waals surface area (Å²) in [6.45, 7) is 4.59. The van der Waals surface area contributed by atoms with Crippen molar-refractivity contribution >= 4 is 17.5 Å². The predicted molar refractivity (Wildman–Crippen MR) is 88.1 cm³/mol. The van der Waals surface area contributed by atoms with Gasteiger partial charge in [-0.3, -0.25) is 4.79 Å². The summed E-state index contributed by atoms with van der Waals surface area (Å²) in [5.74, 6) is 1.52. The number of ether oxygens (including phenoxy) is 2. The molecule has 22 heavy (non-hydrogen) atoms. The quantitative estimate of drug-likeness (QED) is 0.888. The first-order valence-electron chi connectivity index (χ1n) is 7.86. The average Bonchev–Trinajstić information content (AvgIpc) is 2.49. The summed E-state index contributed by atoms with van der Waals surface area (Å²) in [6, 6.07) is 3.56. The number of nitrogens with one attached hydrogen (secondary N) is 1. The van der Waals surface area contributed by atoms with E-state index in [-0.39, 0.29) is 11.9 Å². The zero-order valence-electron chi connectivity index (χ0n) is 13.4. The standard InChI is InChI=1S/C17H24ClNO3/c1-4-22-16-14(18)9-12(10-15(16)21-3)17(20)19-13-7-5-6-11(2)8-13/h9-11,13H,4-8H2,1-3H3,(H,19,20). The molecule has 0 bridgehead atoms. The van der Waals surface area contributed by atoms with Gasteiger partial charge in [-0.25, -0.2) is 0 Å². The molecule has 2 rings (SSSR count). The van der Waals surface area contributed by atoms with E-state index in [0.717, 1.165) is 12.8 Å². The lowest BCUT2D eigenvalue weighted by Crippen LogP contribution is -2.38. The third-order valence-corrected chi connectivity index (χ3v) is 4.33. The molecule has 122 valence electrons. The lowest BCUT2D eigenvalue weighted by atomic mass is 9.87. The number of hydrogen-bond acceptors (Lipinski definition) is 3. The van der Waals surface area contributed by atoms with Crippen LogP contribution in [0.2, 0.25) is 5.02 Å². The van der Waals surface area contributed by atoms with Crippen LogP contribution < -0.4 is 14.8 Å². The second kappa shape index (κ2) is 7.73. The van der Waals surface area contributed by atoms with Gasteiger partial charge in [0, 0.05) is 11.6 Å². The number of carbonyl (C=O) groups is 1. The van der Waals surface area contributed by atoms with Crippen LogP contribution in [0.15, 0.2) is 12.1 Å². The second-order valence-electron chi connectivity index (χ2n) is 5.86. The summed E-state index contributed by atoms with van der Waals surface area (Å²) in [5.41, 5.74) is 0.503. The smallest absolute Gasteiger partial charge is 0.251 e. The van der Waals surface area contributed by atoms with Crippen molar-refractivity contribution in [1.29, 1.82) is 0 Å². The molecule has 1 aliphatic carbocycles. The van der Waals surface area contributed by atoms with Gasteiger partial charge in [-0.15, -0.1) is 0 Å². The Morgan fingerprint density at radius 3 is 2.82 bits per heavy atom. The summed E-state index contributed by atoms with van der Waals surface area (Å²) in [7, 11) is 1.54. The normalized spacial score (nSPS) is 21.3. The van der Waals surface area contributed by atoms with Gasteiger partial charge in [0.2, 0.25) is 0 Å². The lowest BCUT2D eigenvalue weighted by molar-refractivity contribution is 0.0921. The molecule has 4 nitrogen and oxygen atoms in total. The first-order valence-corrected chi connectivity index (χ1v) is 8.24. The molecule has 0 spiro atoms. The molecule has 5 heteroatoms. The largest absolute Gasteiger partial charge is 0.493 e. The molecule has 1 aromatic carbocycles. The molecular weight excluding hydrogens is 302 g/mol. The number of amides is 1. The topological polar surface area (TPSA) is 47.6 Å². The van der Waals surface area contributed by atoms with Crippen molar-refractivity contribution in [2.24, 2.45) is 5.92 Å². The van der Waals surface area contributed by atoms with Gasteiger partial charge in [-0.2, -0.15) is 0 Å². The Morgan fingerprint density at radius 1 is 1.41 bits per heavy atom. The van der Waals surface area contributed by atoms with Gasteiger partial charge >= 0.3 is 0 Å². The minimum absolute atomic E-state index is 0.109. The zero-order chi connectivity index (χ0) is 16.1. The van der Waals surface area contributed by atoms with Gasteiger partial charge in [-0.1, -0.05) is 31.4 Å². The van der Waals surface area contributed by atoms with Crippen LogP contribution >= 0.6 is 11.6 Å². The van der Waals surface area contributed by atoms with Crippen molar-refractivity contribution < 1.29 is 14.3 Å². The molecule has 1 aliphatic rings. The molecule has 0 aliphatic heterocycles. The Balaban J connectivity index is 2.14. The molecule has 0 radical (unpaired) electrons. The van der Waals surface area contributed by atoms with E-state index in [0.29, 0.717) is 34.6 Å². The van der Waals surface area contributed by atoms with Crippen molar-refractivity contribution in [3.05, 3.63) is 22.7 Å². The monoisotopic (exact) mass is 325 g/mol. The fourth-order valence-electron chi connectivity index (χ4n) is 2.97. The summed E-state index contributed by atoms with van der Waals surface area (Å²) in [4.78, 5) is 12.4. The van der Waals surface area contributed by atoms with E-state index in [2.05, 4.69) is 12.2 Å². The van der Waals surface area contributed by atoms with Crippen LogP contribution in [0, 0.1) is 5.92 Å². The van der Waals surface area contributed by atoms with Crippen molar-refractivity contribution in [2.75, 3.05) is 13.7 Å². The van der Waals surface area contributed by atoms with E-state index in [9.17, 15) is 4.79 Å². The zero-order valence-corrected chi connectivity index (χ0v) is 14.2. The first-order chi connectivity index (χ1) is 10.5. The highest BCUT2D eigenvalue weighted by molar-refractivity contribution is 6.32. The van der Waals surface area contributed by atoms with Gasteiger partial charge in [-0.05, 0) is 37.8 Å². The fraction of sp³-hybridized carbons (Fsp3) is 0.588. The summed E-state index contributed by atoms with van der Waals surface area (Å²) >= 11 is 6.22. The third kappa shape index (κ3) is 4.07. The summed E-state index contributed by atoms with van der Waals surface area (Å²) in [6.07, 6.45) is 4.49. The van der Waals surface area contributed by atoms with Gasteiger partial charge in [0.25, 0.3) is 5.91 Å². The van der Waals surface area contributed by atoms with Crippen LogP contribution in [-0.2, 0) is 0 Å².